The highest BCUT2D eigenvalue weighted by Crippen LogP contribution is 2.30. The summed E-state index contributed by atoms with van der Waals surface area (Å²) in [5.41, 5.74) is -0.911. The molecular weight excluding hydrogens is 183 g/mol. The van der Waals surface area contributed by atoms with E-state index in [4.69, 9.17) is 0 Å². The molecule has 1 aliphatic rings. The summed E-state index contributed by atoms with van der Waals surface area (Å²) in [5, 5.41) is 9.65. The highest BCUT2D eigenvalue weighted by atomic mass is 19.4. The van der Waals surface area contributed by atoms with Crippen molar-refractivity contribution >= 4 is 0 Å². The van der Waals surface area contributed by atoms with Gasteiger partial charge < -0.3 is 5.11 Å². The van der Waals surface area contributed by atoms with Gasteiger partial charge in [0, 0.05) is 13.1 Å². The van der Waals surface area contributed by atoms with Gasteiger partial charge >= 0.3 is 6.18 Å². The zero-order valence-electron chi connectivity index (χ0n) is 7.73. The fraction of sp³-hybridized carbons (Fsp3) is 1.00. The predicted octanol–water partition coefficient (Wildman–Crippen LogP) is 1.25. The van der Waals surface area contributed by atoms with E-state index in [-0.39, 0.29) is 19.0 Å². The van der Waals surface area contributed by atoms with E-state index in [1.165, 1.54) is 4.90 Å². The molecule has 0 bridgehead atoms. The molecule has 0 saturated carbocycles. The molecule has 1 rings (SSSR count). The van der Waals surface area contributed by atoms with Gasteiger partial charge in [0.15, 0.2) is 0 Å². The molecule has 0 amide bonds. The van der Waals surface area contributed by atoms with Crippen LogP contribution in [-0.2, 0) is 0 Å². The third-order valence-electron chi connectivity index (χ3n) is 2.47. The number of nitrogens with zero attached hydrogens (tertiary/aromatic N) is 1. The van der Waals surface area contributed by atoms with E-state index in [0.29, 0.717) is 0 Å². The summed E-state index contributed by atoms with van der Waals surface area (Å²) in [7, 11) is 0. The van der Waals surface area contributed by atoms with Crippen LogP contribution in [0.3, 0.4) is 0 Å². The summed E-state index contributed by atoms with van der Waals surface area (Å²) in [4.78, 5) is 1.21. The molecule has 1 aliphatic heterocycles. The van der Waals surface area contributed by atoms with Gasteiger partial charge in [-0.3, -0.25) is 4.90 Å². The van der Waals surface area contributed by atoms with Crippen molar-refractivity contribution in [2.75, 3.05) is 19.6 Å². The van der Waals surface area contributed by atoms with Crippen molar-refractivity contribution in [1.82, 2.24) is 4.90 Å². The van der Waals surface area contributed by atoms with Crippen LogP contribution < -0.4 is 0 Å². The maximum absolute atomic E-state index is 11.9. The standard InChI is InChI=1S/C8H14F3NO/c1-6(2)7(13)3-12(4-7)5-8(9,10)11/h6,13H,3-5H2,1-2H3. The molecule has 0 spiro atoms. The maximum atomic E-state index is 11.9. The zero-order valence-corrected chi connectivity index (χ0v) is 7.73. The predicted molar refractivity (Wildman–Crippen MR) is 42.3 cm³/mol. The first-order valence-corrected chi connectivity index (χ1v) is 4.24. The molecule has 2 nitrogen and oxygen atoms in total. The van der Waals surface area contributed by atoms with Crippen molar-refractivity contribution in [1.29, 1.82) is 0 Å². The molecule has 1 N–H and O–H groups in total. The van der Waals surface area contributed by atoms with Crippen LogP contribution in [0.1, 0.15) is 13.8 Å². The minimum absolute atomic E-state index is 0.0111. The number of likely N-dealkylation sites (tertiary alicyclic amines) is 1. The van der Waals surface area contributed by atoms with E-state index < -0.39 is 18.3 Å². The number of rotatable bonds is 2. The minimum Gasteiger partial charge on any atom is -0.387 e. The van der Waals surface area contributed by atoms with Crippen molar-refractivity contribution in [2.45, 2.75) is 25.6 Å². The van der Waals surface area contributed by atoms with Crippen LogP contribution >= 0.6 is 0 Å². The SMILES string of the molecule is CC(C)C1(O)CN(CC(F)(F)F)C1. The van der Waals surface area contributed by atoms with E-state index in [0.717, 1.165) is 0 Å². The maximum Gasteiger partial charge on any atom is 0.401 e. The Morgan fingerprint density at radius 2 is 1.85 bits per heavy atom. The van der Waals surface area contributed by atoms with Crippen LogP contribution in [0.5, 0.6) is 0 Å². The van der Waals surface area contributed by atoms with Gasteiger partial charge in [-0.05, 0) is 5.92 Å². The molecule has 0 unspecified atom stereocenters. The number of halogens is 3. The highest BCUT2D eigenvalue weighted by Gasteiger charge is 2.47. The van der Waals surface area contributed by atoms with Gasteiger partial charge in [-0.1, -0.05) is 13.8 Å². The number of alkyl halides is 3. The largest absolute Gasteiger partial charge is 0.401 e. The van der Waals surface area contributed by atoms with Gasteiger partial charge in [0.05, 0.1) is 12.1 Å². The van der Waals surface area contributed by atoms with Crippen molar-refractivity contribution < 1.29 is 18.3 Å². The Balaban J connectivity index is 2.33. The second-order valence-electron chi connectivity index (χ2n) is 4.02. The van der Waals surface area contributed by atoms with Crippen molar-refractivity contribution in [2.24, 2.45) is 5.92 Å². The molecule has 78 valence electrons. The zero-order chi connectivity index (χ0) is 10.3. The lowest BCUT2D eigenvalue weighted by Crippen LogP contribution is -2.65. The molecular formula is C8H14F3NO. The third-order valence-corrected chi connectivity index (χ3v) is 2.47. The van der Waals surface area contributed by atoms with Gasteiger partial charge in [-0.15, -0.1) is 0 Å². The van der Waals surface area contributed by atoms with E-state index in [2.05, 4.69) is 0 Å². The van der Waals surface area contributed by atoms with E-state index >= 15 is 0 Å². The second kappa shape index (κ2) is 3.13. The highest BCUT2D eigenvalue weighted by molar-refractivity contribution is 4.98. The van der Waals surface area contributed by atoms with Crippen molar-refractivity contribution in [3.05, 3.63) is 0 Å². The first-order valence-electron chi connectivity index (χ1n) is 4.24. The van der Waals surface area contributed by atoms with Crippen LogP contribution in [0.25, 0.3) is 0 Å². The quantitative estimate of drug-likeness (QED) is 0.720. The minimum atomic E-state index is -4.15. The summed E-state index contributed by atoms with van der Waals surface area (Å²) in [6.45, 7) is 2.96. The Kier molecular flexibility index (Phi) is 2.60. The monoisotopic (exact) mass is 197 g/mol. The number of hydrogen-bond donors (Lipinski definition) is 1. The number of hydrogen-bond acceptors (Lipinski definition) is 2. The Morgan fingerprint density at radius 3 is 2.15 bits per heavy atom. The van der Waals surface area contributed by atoms with E-state index in [1.807, 2.05) is 13.8 Å². The van der Waals surface area contributed by atoms with E-state index in [1.54, 1.807) is 0 Å². The smallest absolute Gasteiger partial charge is 0.387 e. The molecule has 0 radical (unpaired) electrons. The van der Waals surface area contributed by atoms with Gasteiger partial charge in [0.2, 0.25) is 0 Å². The lowest BCUT2D eigenvalue weighted by atomic mass is 9.83. The van der Waals surface area contributed by atoms with Crippen LogP contribution in [-0.4, -0.2) is 41.4 Å². The second-order valence-corrected chi connectivity index (χ2v) is 4.02. The van der Waals surface area contributed by atoms with Crippen LogP contribution in [0.4, 0.5) is 13.2 Å². The van der Waals surface area contributed by atoms with Crippen LogP contribution in [0.2, 0.25) is 0 Å². The number of aliphatic hydroxyl groups is 1. The third kappa shape index (κ3) is 2.57. The van der Waals surface area contributed by atoms with Gasteiger partial charge in [-0.2, -0.15) is 13.2 Å². The molecule has 0 aliphatic carbocycles. The van der Waals surface area contributed by atoms with E-state index in [9.17, 15) is 18.3 Å². The summed E-state index contributed by atoms with van der Waals surface area (Å²) < 4.78 is 35.6. The molecule has 1 saturated heterocycles. The molecule has 0 aromatic rings. The molecule has 13 heavy (non-hydrogen) atoms. The molecule has 1 fully saturated rings. The molecule has 1 heterocycles. The van der Waals surface area contributed by atoms with Gasteiger partial charge in [0.1, 0.15) is 0 Å². The Bertz CT molecular complexity index is 184. The van der Waals surface area contributed by atoms with Crippen LogP contribution in [0.15, 0.2) is 0 Å². The summed E-state index contributed by atoms with van der Waals surface area (Å²) in [6, 6.07) is 0. The topological polar surface area (TPSA) is 23.5 Å². The molecule has 0 aromatic carbocycles. The lowest BCUT2D eigenvalue weighted by Gasteiger charge is -2.49. The first kappa shape index (κ1) is 10.8. The number of β-amino-alcohol motifs (C(OH)–C–C–N with tert-alkyl or cyclic N) is 1. The summed E-state index contributed by atoms with van der Waals surface area (Å²) in [5.74, 6) is 0.0111. The average molecular weight is 197 g/mol. The molecule has 0 aromatic heterocycles. The fourth-order valence-corrected chi connectivity index (χ4v) is 1.46. The van der Waals surface area contributed by atoms with Gasteiger partial charge in [-0.25, -0.2) is 0 Å². The first-order chi connectivity index (χ1) is 5.73. The summed E-state index contributed by atoms with van der Waals surface area (Å²) >= 11 is 0. The summed E-state index contributed by atoms with van der Waals surface area (Å²) in [6.07, 6.45) is -4.15. The normalized spacial score (nSPS) is 23.3. The lowest BCUT2D eigenvalue weighted by molar-refractivity contribution is -0.195. The Hall–Kier alpha value is -0.290. The Labute approximate surface area is 75.3 Å². The molecule has 0 atom stereocenters. The average Bonchev–Trinajstić information content (AvgIpc) is 1.79. The van der Waals surface area contributed by atoms with Crippen molar-refractivity contribution in [3.8, 4) is 0 Å². The fourth-order valence-electron chi connectivity index (χ4n) is 1.46. The van der Waals surface area contributed by atoms with Crippen LogP contribution in [0, 0.1) is 5.92 Å². The molecule has 5 heteroatoms. The van der Waals surface area contributed by atoms with Crippen molar-refractivity contribution in [3.63, 3.8) is 0 Å². The Morgan fingerprint density at radius 1 is 1.38 bits per heavy atom. The van der Waals surface area contributed by atoms with Gasteiger partial charge in [0.25, 0.3) is 0 Å².